The second-order valence-electron chi connectivity index (χ2n) is 12.8. The Balaban J connectivity index is 0.000000710. The van der Waals surface area contributed by atoms with Gasteiger partial charge >= 0.3 is 5.69 Å². The number of benzene rings is 3. The summed E-state index contributed by atoms with van der Waals surface area (Å²) in [6, 6.07) is 21.6. The SMILES string of the molecule is CCC(C)n1ncn(-c2ccc(N3CCN(c4ccc(OC[C@H]5CO[C@](Cn6cncn6)(c6ccc(Cl)cc6Cl)O5)cc4)CC3)cc2)c1=O.O=[N+]([O-])O.O=[N+]([O-])O. The molecule has 0 amide bonds. The molecule has 0 spiro atoms. The monoisotopic (exact) mass is 830 g/mol. The quantitative estimate of drug-likeness (QED) is 0.133. The van der Waals surface area contributed by atoms with Crippen molar-refractivity contribution in [1.29, 1.82) is 0 Å². The van der Waals surface area contributed by atoms with E-state index in [0.717, 1.165) is 55.4 Å². The molecule has 4 heterocycles. The van der Waals surface area contributed by atoms with Crippen LogP contribution in [0.3, 0.4) is 0 Å². The van der Waals surface area contributed by atoms with Gasteiger partial charge in [0, 0.05) is 48.1 Å². The molecule has 3 aromatic carbocycles. The Kier molecular flexibility index (Phi) is 14.3. The zero-order valence-electron chi connectivity index (χ0n) is 30.8. The van der Waals surface area contributed by atoms with Gasteiger partial charge in [0.05, 0.1) is 23.4 Å². The molecule has 7 rings (SSSR count). The standard InChI is InChI=1S/C35H38Cl2N8O4.2HNO3/c1-3-25(2)45-34(46)44(24-40-45)29-7-5-27(6-8-29)41-14-16-42(17-15-41)28-9-11-30(12-10-28)47-19-31-20-48-35(49-31,21-43-23-38-22-39-43)32-13-4-26(36)18-33(32)37;2*2-1(3)4/h4-13,18,22-25,31H,3,14-17,19-21H2,1-2H3;2*(H,2,3,4)/t25?,31-,35-;;/m0../s1. The van der Waals surface area contributed by atoms with Gasteiger partial charge in [0.2, 0.25) is 5.79 Å². The summed E-state index contributed by atoms with van der Waals surface area (Å²) in [5.41, 5.74) is 3.64. The van der Waals surface area contributed by atoms with E-state index in [0.29, 0.717) is 28.8 Å². The molecule has 304 valence electrons. The van der Waals surface area contributed by atoms with Crippen molar-refractivity contribution < 1.29 is 34.8 Å². The largest absolute Gasteiger partial charge is 0.491 e. The van der Waals surface area contributed by atoms with Crippen LogP contribution in [0.2, 0.25) is 10.0 Å². The number of rotatable bonds is 11. The van der Waals surface area contributed by atoms with E-state index in [4.69, 9.17) is 68.1 Å². The second-order valence-corrected chi connectivity index (χ2v) is 13.6. The lowest BCUT2D eigenvalue weighted by molar-refractivity contribution is -0.742. The maximum Gasteiger partial charge on any atom is 0.350 e. The molecule has 5 aromatic rings. The number of aromatic nitrogens is 6. The summed E-state index contributed by atoms with van der Waals surface area (Å²) in [4.78, 5) is 38.3. The number of nitrogens with zero attached hydrogens (tertiary/aromatic N) is 10. The fourth-order valence-corrected chi connectivity index (χ4v) is 6.79. The number of halogens is 2. The molecule has 2 aliphatic rings. The first-order chi connectivity index (χ1) is 27.3. The second kappa shape index (κ2) is 19.3. The van der Waals surface area contributed by atoms with Crippen LogP contribution < -0.4 is 20.2 Å². The van der Waals surface area contributed by atoms with Crippen LogP contribution >= 0.6 is 23.2 Å². The van der Waals surface area contributed by atoms with E-state index >= 15 is 0 Å². The molecule has 20 nitrogen and oxygen atoms in total. The van der Waals surface area contributed by atoms with Gasteiger partial charge < -0.3 is 34.4 Å². The number of hydrogen-bond donors (Lipinski definition) is 2. The summed E-state index contributed by atoms with van der Waals surface area (Å²) in [6.07, 6.45) is 5.19. The zero-order valence-corrected chi connectivity index (χ0v) is 32.3. The molecule has 2 N–H and O–H groups in total. The fraction of sp³-hybridized carbons (Fsp3) is 0.371. The van der Waals surface area contributed by atoms with Crippen molar-refractivity contribution in [2.45, 2.75) is 44.7 Å². The van der Waals surface area contributed by atoms with E-state index in [-0.39, 0.29) is 24.4 Å². The van der Waals surface area contributed by atoms with Crippen LogP contribution in [-0.2, 0) is 21.8 Å². The van der Waals surface area contributed by atoms with E-state index < -0.39 is 16.0 Å². The summed E-state index contributed by atoms with van der Waals surface area (Å²) in [6.45, 7) is 8.48. The van der Waals surface area contributed by atoms with Gasteiger partial charge in [-0.15, -0.1) is 20.2 Å². The first-order valence-corrected chi connectivity index (χ1v) is 18.3. The number of piperazine rings is 1. The third-order valence-corrected chi connectivity index (χ3v) is 9.70. The molecule has 0 radical (unpaired) electrons. The molecular formula is C35H40Cl2N10O10. The van der Waals surface area contributed by atoms with Crippen LogP contribution in [0.15, 0.2) is 90.5 Å². The van der Waals surface area contributed by atoms with Gasteiger partial charge in [-0.25, -0.2) is 23.7 Å². The van der Waals surface area contributed by atoms with E-state index in [1.807, 2.05) is 44.2 Å². The molecule has 2 fully saturated rings. The molecule has 2 saturated heterocycles. The Bertz CT molecular complexity index is 2110. The van der Waals surface area contributed by atoms with Crippen molar-refractivity contribution in [2.75, 3.05) is 49.2 Å². The highest BCUT2D eigenvalue weighted by atomic mass is 35.5. The minimum absolute atomic E-state index is 0.0645. The van der Waals surface area contributed by atoms with E-state index in [1.54, 1.807) is 34.0 Å². The average molecular weight is 832 g/mol. The van der Waals surface area contributed by atoms with E-state index in [2.05, 4.69) is 49.2 Å². The lowest BCUT2D eigenvalue weighted by Crippen LogP contribution is -2.46. The normalized spacial score (nSPS) is 18.1. The van der Waals surface area contributed by atoms with Gasteiger partial charge in [0.25, 0.3) is 10.2 Å². The van der Waals surface area contributed by atoms with Crippen LogP contribution in [-0.4, -0.2) is 95.2 Å². The average Bonchev–Trinajstić information content (AvgIpc) is 3.95. The van der Waals surface area contributed by atoms with Gasteiger partial charge in [-0.3, -0.25) is 0 Å². The van der Waals surface area contributed by atoms with Crippen molar-refractivity contribution in [3.63, 3.8) is 0 Å². The first-order valence-electron chi connectivity index (χ1n) is 17.5. The predicted molar refractivity (Wildman–Crippen MR) is 206 cm³/mol. The third-order valence-electron chi connectivity index (χ3n) is 9.15. The van der Waals surface area contributed by atoms with Gasteiger partial charge in [-0.1, -0.05) is 36.2 Å². The Morgan fingerprint density at radius 3 is 2.04 bits per heavy atom. The van der Waals surface area contributed by atoms with Crippen molar-refractivity contribution in [1.82, 2.24) is 29.1 Å². The molecule has 57 heavy (non-hydrogen) atoms. The minimum Gasteiger partial charge on any atom is -0.491 e. The predicted octanol–water partition coefficient (Wildman–Crippen LogP) is 4.88. The van der Waals surface area contributed by atoms with Crippen molar-refractivity contribution >= 4 is 34.6 Å². The highest BCUT2D eigenvalue weighted by Crippen LogP contribution is 2.40. The minimum atomic E-state index is -1.50. The summed E-state index contributed by atoms with van der Waals surface area (Å²) in [7, 11) is 0. The number of ether oxygens (including phenoxy) is 3. The molecule has 22 heteroatoms. The Morgan fingerprint density at radius 2 is 1.49 bits per heavy atom. The number of hydrogen-bond acceptors (Lipinski definition) is 13. The third kappa shape index (κ3) is 11.1. The summed E-state index contributed by atoms with van der Waals surface area (Å²) in [5.74, 6) is -0.410. The molecule has 2 aromatic heterocycles. The molecule has 0 aliphatic carbocycles. The van der Waals surface area contributed by atoms with Gasteiger partial charge in [0.15, 0.2) is 0 Å². The Morgan fingerprint density at radius 1 is 0.912 bits per heavy atom. The lowest BCUT2D eigenvalue weighted by Gasteiger charge is -2.37. The van der Waals surface area contributed by atoms with Crippen LogP contribution in [0.5, 0.6) is 5.75 Å². The Labute approximate surface area is 335 Å². The van der Waals surface area contributed by atoms with Crippen molar-refractivity contribution in [3.8, 4) is 11.4 Å². The summed E-state index contributed by atoms with van der Waals surface area (Å²) >= 11 is 12.7. The van der Waals surface area contributed by atoms with Crippen molar-refractivity contribution in [2.24, 2.45) is 0 Å². The number of anilines is 2. The van der Waals surface area contributed by atoms with Crippen LogP contribution in [0.4, 0.5) is 11.4 Å². The molecule has 0 saturated carbocycles. The summed E-state index contributed by atoms with van der Waals surface area (Å²) in [5, 5.41) is 36.8. The topological polar surface area (TPSA) is 231 Å². The van der Waals surface area contributed by atoms with Gasteiger partial charge in [0.1, 0.15) is 44.0 Å². The molecule has 3 atom stereocenters. The first kappa shape index (κ1) is 42.2. The van der Waals surface area contributed by atoms with Gasteiger partial charge in [-0.2, -0.15) is 10.2 Å². The van der Waals surface area contributed by atoms with Crippen LogP contribution in [0.1, 0.15) is 31.9 Å². The van der Waals surface area contributed by atoms with Crippen LogP contribution in [0.25, 0.3) is 5.69 Å². The van der Waals surface area contributed by atoms with E-state index in [9.17, 15) is 4.79 Å². The Hall–Kier alpha value is -5.96. The lowest BCUT2D eigenvalue weighted by atomic mass is 10.1. The van der Waals surface area contributed by atoms with E-state index in [1.165, 1.54) is 11.0 Å². The smallest absolute Gasteiger partial charge is 0.350 e. The summed E-state index contributed by atoms with van der Waals surface area (Å²) < 4.78 is 23.7. The highest BCUT2D eigenvalue weighted by molar-refractivity contribution is 6.35. The molecule has 0 bridgehead atoms. The van der Waals surface area contributed by atoms with Gasteiger partial charge in [-0.05, 0) is 74.0 Å². The maximum absolute atomic E-state index is 12.8. The fourth-order valence-electron chi connectivity index (χ4n) is 6.24. The van der Waals surface area contributed by atoms with Crippen molar-refractivity contribution in [3.05, 3.63) is 132 Å². The molecule has 2 aliphatic heterocycles. The van der Waals surface area contributed by atoms with Crippen LogP contribution in [0, 0.1) is 20.2 Å². The highest BCUT2D eigenvalue weighted by Gasteiger charge is 2.45. The maximum atomic E-state index is 12.8. The zero-order chi connectivity index (χ0) is 41.1. The molecular weight excluding hydrogens is 791 g/mol. The molecule has 1 unspecified atom stereocenters.